The molecule has 0 unspecified atom stereocenters. The number of nitrogens with zero attached hydrogens (tertiary/aromatic N) is 2. The normalized spacial score (nSPS) is 15.8. The number of nitrogen functional groups attached to an aromatic ring is 1. The van der Waals surface area contributed by atoms with E-state index in [1.807, 2.05) is 24.3 Å². The molecule has 2 aromatic rings. The molecule has 0 amide bonds. The average molecular weight is 289 g/mol. The number of anilines is 1. The summed E-state index contributed by atoms with van der Waals surface area (Å²) in [5.74, 6) is 0.0476. The fourth-order valence-electron chi connectivity index (χ4n) is 2.43. The van der Waals surface area contributed by atoms with Gasteiger partial charge in [-0.05, 0) is 29.7 Å². The molecule has 2 heterocycles. The minimum absolute atomic E-state index is 0.0476. The fraction of sp³-hybridized carbons (Fsp3) is 0.214. The van der Waals surface area contributed by atoms with Gasteiger partial charge < -0.3 is 5.73 Å². The lowest BCUT2D eigenvalue weighted by atomic mass is 10.0. The average Bonchev–Trinajstić information content (AvgIpc) is 2.47. The highest BCUT2D eigenvalue weighted by molar-refractivity contribution is 7.89. The van der Waals surface area contributed by atoms with Gasteiger partial charge in [-0.3, -0.25) is 0 Å². The van der Waals surface area contributed by atoms with Gasteiger partial charge in [0.25, 0.3) is 0 Å². The van der Waals surface area contributed by atoms with Crippen LogP contribution in [0.1, 0.15) is 11.1 Å². The summed E-state index contributed by atoms with van der Waals surface area (Å²) in [6.07, 6.45) is 2.20. The zero-order valence-corrected chi connectivity index (χ0v) is 11.7. The molecular weight excluding hydrogens is 274 g/mol. The number of rotatable bonds is 2. The standard InChI is InChI=1S/C14H15N3O2S/c15-14-13(6-3-8-16-14)20(18,19)17-9-7-11-4-1-2-5-12(11)10-17/h1-6,8H,7,9-10H2,(H2,15,16). The zero-order valence-electron chi connectivity index (χ0n) is 10.9. The Morgan fingerprint density at radius 3 is 2.60 bits per heavy atom. The van der Waals surface area contributed by atoms with E-state index in [2.05, 4.69) is 4.98 Å². The molecule has 3 rings (SSSR count). The van der Waals surface area contributed by atoms with Gasteiger partial charge in [0, 0.05) is 19.3 Å². The number of hydrogen-bond donors (Lipinski definition) is 1. The number of hydrogen-bond acceptors (Lipinski definition) is 4. The fourth-order valence-corrected chi connectivity index (χ4v) is 3.92. The quantitative estimate of drug-likeness (QED) is 0.907. The van der Waals surface area contributed by atoms with Crippen molar-refractivity contribution in [1.29, 1.82) is 0 Å². The summed E-state index contributed by atoms with van der Waals surface area (Å²) < 4.78 is 26.7. The molecule has 0 spiro atoms. The maximum Gasteiger partial charge on any atom is 0.247 e. The summed E-state index contributed by atoms with van der Waals surface area (Å²) in [7, 11) is -3.59. The third-order valence-corrected chi connectivity index (χ3v) is 5.41. The summed E-state index contributed by atoms with van der Waals surface area (Å²) in [6, 6.07) is 11.0. The molecule has 0 fully saturated rings. The van der Waals surface area contributed by atoms with E-state index >= 15 is 0 Å². The topological polar surface area (TPSA) is 76.3 Å². The van der Waals surface area contributed by atoms with Crippen molar-refractivity contribution < 1.29 is 8.42 Å². The predicted octanol–water partition coefficient (Wildman–Crippen LogP) is 1.41. The summed E-state index contributed by atoms with van der Waals surface area (Å²) in [5.41, 5.74) is 7.94. The summed E-state index contributed by atoms with van der Waals surface area (Å²) in [4.78, 5) is 3.94. The Morgan fingerprint density at radius 1 is 1.10 bits per heavy atom. The summed E-state index contributed by atoms with van der Waals surface area (Å²) in [5, 5.41) is 0. The van der Waals surface area contributed by atoms with E-state index < -0.39 is 10.0 Å². The molecule has 0 bridgehead atoms. The minimum atomic E-state index is -3.59. The van der Waals surface area contributed by atoms with Crippen molar-refractivity contribution in [2.24, 2.45) is 0 Å². The van der Waals surface area contributed by atoms with E-state index in [4.69, 9.17) is 5.73 Å². The van der Waals surface area contributed by atoms with Crippen LogP contribution in [-0.2, 0) is 23.0 Å². The molecule has 0 radical (unpaired) electrons. The van der Waals surface area contributed by atoms with E-state index in [1.165, 1.54) is 22.1 Å². The van der Waals surface area contributed by atoms with Crippen LogP contribution in [0.5, 0.6) is 0 Å². The number of sulfonamides is 1. The van der Waals surface area contributed by atoms with Gasteiger partial charge in [-0.2, -0.15) is 4.31 Å². The van der Waals surface area contributed by atoms with Crippen LogP contribution in [0.2, 0.25) is 0 Å². The van der Waals surface area contributed by atoms with Crippen molar-refractivity contribution in [2.45, 2.75) is 17.9 Å². The van der Waals surface area contributed by atoms with Crippen molar-refractivity contribution in [2.75, 3.05) is 12.3 Å². The predicted molar refractivity (Wildman–Crippen MR) is 76.4 cm³/mol. The second-order valence-electron chi connectivity index (χ2n) is 4.74. The molecule has 6 heteroatoms. The van der Waals surface area contributed by atoms with Crippen molar-refractivity contribution in [3.8, 4) is 0 Å². The molecule has 1 aromatic heterocycles. The lowest BCUT2D eigenvalue weighted by Gasteiger charge is -2.28. The summed E-state index contributed by atoms with van der Waals surface area (Å²) >= 11 is 0. The molecule has 1 aliphatic rings. The molecule has 104 valence electrons. The Balaban J connectivity index is 1.97. The second-order valence-corrected chi connectivity index (χ2v) is 6.65. The van der Waals surface area contributed by atoms with E-state index in [9.17, 15) is 8.42 Å². The Hall–Kier alpha value is -1.92. The molecule has 0 saturated heterocycles. The van der Waals surface area contributed by atoms with E-state index in [0.717, 1.165) is 12.0 Å². The van der Waals surface area contributed by atoms with Gasteiger partial charge in [0.15, 0.2) is 0 Å². The third-order valence-electron chi connectivity index (χ3n) is 3.51. The Kier molecular flexibility index (Phi) is 3.19. The smallest absolute Gasteiger partial charge is 0.247 e. The maximum absolute atomic E-state index is 12.6. The van der Waals surface area contributed by atoms with Crippen molar-refractivity contribution >= 4 is 15.8 Å². The number of pyridine rings is 1. The first-order valence-corrected chi connectivity index (χ1v) is 7.80. The van der Waals surface area contributed by atoms with E-state index in [-0.39, 0.29) is 10.7 Å². The molecular formula is C14H15N3O2S. The highest BCUT2D eigenvalue weighted by Gasteiger charge is 2.29. The van der Waals surface area contributed by atoms with Crippen LogP contribution in [0, 0.1) is 0 Å². The molecule has 0 aliphatic carbocycles. The number of nitrogens with two attached hydrogens (primary N) is 1. The van der Waals surface area contributed by atoms with Crippen LogP contribution in [0.25, 0.3) is 0 Å². The first-order valence-electron chi connectivity index (χ1n) is 6.36. The molecule has 1 aliphatic heterocycles. The van der Waals surface area contributed by atoms with E-state index in [1.54, 1.807) is 6.07 Å². The van der Waals surface area contributed by atoms with Gasteiger partial charge in [0.05, 0.1) is 0 Å². The molecule has 1 aromatic carbocycles. The van der Waals surface area contributed by atoms with Gasteiger partial charge in [-0.1, -0.05) is 24.3 Å². The van der Waals surface area contributed by atoms with Crippen LogP contribution in [0.4, 0.5) is 5.82 Å². The van der Waals surface area contributed by atoms with Gasteiger partial charge in [0.2, 0.25) is 10.0 Å². The number of benzene rings is 1. The zero-order chi connectivity index (χ0) is 14.2. The first kappa shape index (κ1) is 13.1. The molecule has 0 atom stereocenters. The van der Waals surface area contributed by atoms with Crippen LogP contribution >= 0.6 is 0 Å². The number of aromatic nitrogens is 1. The SMILES string of the molecule is Nc1ncccc1S(=O)(=O)N1CCc2ccccc2C1. The first-order chi connectivity index (χ1) is 9.59. The van der Waals surface area contributed by atoms with Crippen molar-refractivity contribution in [1.82, 2.24) is 9.29 Å². The van der Waals surface area contributed by atoms with Gasteiger partial charge in [-0.15, -0.1) is 0 Å². The summed E-state index contributed by atoms with van der Waals surface area (Å²) in [6.45, 7) is 0.848. The number of fused-ring (bicyclic) bond motifs is 1. The van der Waals surface area contributed by atoms with Gasteiger partial charge in [0.1, 0.15) is 10.7 Å². The highest BCUT2D eigenvalue weighted by atomic mass is 32.2. The van der Waals surface area contributed by atoms with Crippen LogP contribution in [0.3, 0.4) is 0 Å². The van der Waals surface area contributed by atoms with Crippen molar-refractivity contribution in [3.63, 3.8) is 0 Å². The van der Waals surface area contributed by atoms with Crippen molar-refractivity contribution in [3.05, 3.63) is 53.7 Å². The van der Waals surface area contributed by atoms with Crippen LogP contribution in [0.15, 0.2) is 47.5 Å². The lowest BCUT2D eigenvalue weighted by Crippen LogP contribution is -2.36. The second kappa shape index (κ2) is 4.88. The minimum Gasteiger partial charge on any atom is -0.383 e. The molecule has 20 heavy (non-hydrogen) atoms. The van der Waals surface area contributed by atoms with Gasteiger partial charge in [-0.25, -0.2) is 13.4 Å². The molecule has 2 N–H and O–H groups in total. The van der Waals surface area contributed by atoms with Crippen LogP contribution < -0.4 is 5.73 Å². The molecule has 0 saturated carbocycles. The third kappa shape index (κ3) is 2.17. The largest absolute Gasteiger partial charge is 0.383 e. The van der Waals surface area contributed by atoms with E-state index in [0.29, 0.717) is 13.1 Å². The Bertz CT molecular complexity index is 744. The lowest BCUT2D eigenvalue weighted by molar-refractivity contribution is 0.391. The maximum atomic E-state index is 12.6. The van der Waals surface area contributed by atoms with Gasteiger partial charge >= 0.3 is 0 Å². The Labute approximate surface area is 118 Å². The monoisotopic (exact) mass is 289 g/mol. The molecule has 5 nitrogen and oxygen atoms in total. The Morgan fingerprint density at radius 2 is 1.85 bits per heavy atom. The van der Waals surface area contributed by atoms with Crippen LogP contribution in [-0.4, -0.2) is 24.3 Å². The highest BCUT2D eigenvalue weighted by Crippen LogP contribution is 2.26.